The van der Waals surface area contributed by atoms with Crippen molar-refractivity contribution in [3.05, 3.63) is 29.8 Å². The van der Waals surface area contributed by atoms with Crippen molar-refractivity contribution in [2.45, 2.75) is 12.8 Å². The van der Waals surface area contributed by atoms with Gasteiger partial charge in [-0.25, -0.2) is 8.78 Å². The zero-order valence-corrected chi connectivity index (χ0v) is 11.4. The molecule has 0 bridgehead atoms. The summed E-state index contributed by atoms with van der Waals surface area (Å²) in [5.74, 6) is -3.47. The van der Waals surface area contributed by atoms with Crippen molar-refractivity contribution in [3.8, 4) is 0 Å². The summed E-state index contributed by atoms with van der Waals surface area (Å²) in [5.41, 5.74) is 0.0355. The first-order valence-corrected chi connectivity index (χ1v) is 6.81. The van der Waals surface area contributed by atoms with Gasteiger partial charge in [0, 0.05) is 18.3 Å². The average molecular weight is 297 g/mol. The summed E-state index contributed by atoms with van der Waals surface area (Å²) in [6, 6.07) is 2.90. The van der Waals surface area contributed by atoms with Gasteiger partial charge in [0.05, 0.1) is 0 Å². The van der Waals surface area contributed by atoms with Crippen LogP contribution in [0.5, 0.6) is 0 Å². The molecule has 1 unspecified atom stereocenters. The molecule has 1 fully saturated rings. The molecule has 1 heterocycles. The highest BCUT2D eigenvalue weighted by Gasteiger charge is 2.18. The summed E-state index contributed by atoms with van der Waals surface area (Å²) in [5, 5.41) is 7.97. The summed E-state index contributed by atoms with van der Waals surface area (Å²) in [4.78, 5) is 23.3. The van der Waals surface area contributed by atoms with Gasteiger partial charge in [0.1, 0.15) is 0 Å². The SMILES string of the molecule is O=C(NCC1CCCNC1)C(=O)Nc1ccc(F)c(F)c1. The topological polar surface area (TPSA) is 70.2 Å². The van der Waals surface area contributed by atoms with Crippen molar-refractivity contribution >= 4 is 17.5 Å². The van der Waals surface area contributed by atoms with Gasteiger partial charge in [-0.2, -0.15) is 0 Å². The van der Waals surface area contributed by atoms with Crippen LogP contribution in [-0.2, 0) is 9.59 Å². The Balaban J connectivity index is 1.81. The van der Waals surface area contributed by atoms with Crippen molar-refractivity contribution < 1.29 is 18.4 Å². The summed E-state index contributed by atoms with van der Waals surface area (Å²) >= 11 is 0. The third-order valence-corrected chi connectivity index (χ3v) is 3.33. The normalized spacial score (nSPS) is 18.1. The molecule has 0 spiro atoms. The van der Waals surface area contributed by atoms with Crippen molar-refractivity contribution in [2.24, 2.45) is 5.92 Å². The number of amides is 2. The van der Waals surface area contributed by atoms with Gasteiger partial charge in [-0.1, -0.05) is 0 Å². The lowest BCUT2D eigenvalue weighted by molar-refractivity contribution is -0.136. The molecule has 1 aromatic rings. The van der Waals surface area contributed by atoms with E-state index in [2.05, 4.69) is 16.0 Å². The maximum Gasteiger partial charge on any atom is 0.313 e. The molecule has 0 aromatic heterocycles. The molecule has 2 amide bonds. The fourth-order valence-electron chi connectivity index (χ4n) is 2.18. The highest BCUT2D eigenvalue weighted by Crippen LogP contribution is 2.13. The smallest absolute Gasteiger partial charge is 0.313 e. The Hall–Kier alpha value is -2.02. The molecular weight excluding hydrogens is 280 g/mol. The summed E-state index contributed by atoms with van der Waals surface area (Å²) in [6.07, 6.45) is 2.04. The molecule has 1 saturated heterocycles. The zero-order valence-electron chi connectivity index (χ0n) is 11.4. The van der Waals surface area contributed by atoms with E-state index >= 15 is 0 Å². The second-order valence-electron chi connectivity index (χ2n) is 5.01. The third kappa shape index (κ3) is 4.49. The van der Waals surface area contributed by atoms with Crippen molar-refractivity contribution in [3.63, 3.8) is 0 Å². The molecule has 1 atom stereocenters. The van der Waals surface area contributed by atoms with Crippen molar-refractivity contribution in [1.29, 1.82) is 0 Å². The van der Waals surface area contributed by atoms with Gasteiger partial charge in [0.2, 0.25) is 0 Å². The van der Waals surface area contributed by atoms with E-state index < -0.39 is 23.4 Å². The third-order valence-electron chi connectivity index (χ3n) is 3.33. The van der Waals surface area contributed by atoms with Crippen LogP contribution in [-0.4, -0.2) is 31.4 Å². The first-order valence-electron chi connectivity index (χ1n) is 6.81. The molecular formula is C14H17F2N3O2. The van der Waals surface area contributed by atoms with Crippen LogP contribution >= 0.6 is 0 Å². The second kappa shape index (κ2) is 7.12. The molecule has 7 heteroatoms. The molecule has 0 radical (unpaired) electrons. The highest BCUT2D eigenvalue weighted by atomic mass is 19.2. The van der Waals surface area contributed by atoms with E-state index in [0.29, 0.717) is 12.5 Å². The maximum atomic E-state index is 13.0. The Bertz CT molecular complexity index is 531. The number of benzene rings is 1. The van der Waals surface area contributed by atoms with Crippen molar-refractivity contribution in [1.82, 2.24) is 10.6 Å². The van der Waals surface area contributed by atoms with Gasteiger partial charge in [-0.15, -0.1) is 0 Å². The lowest BCUT2D eigenvalue weighted by atomic mass is 10.00. The number of carbonyl (C=O) groups excluding carboxylic acids is 2. The highest BCUT2D eigenvalue weighted by molar-refractivity contribution is 6.39. The van der Waals surface area contributed by atoms with Crippen LogP contribution < -0.4 is 16.0 Å². The Morgan fingerprint density at radius 2 is 2.05 bits per heavy atom. The Labute approximate surface area is 121 Å². The number of carbonyl (C=O) groups is 2. The minimum absolute atomic E-state index is 0.0355. The lowest BCUT2D eigenvalue weighted by Crippen LogP contribution is -2.42. The molecule has 3 N–H and O–H groups in total. The lowest BCUT2D eigenvalue weighted by Gasteiger charge is -2.22. The van der Waals surface area contributed by atoms with Crippen LogP contribution in [0.15, 0.2) is 18.2 Å². The van der Waals surface area contributed by atoms with Crippen molar-refractivity contribution in [2.75, 3.05) is 25.0 Å². The Morgan fingerprint density at radius 3 is 2.71 bits per heavy atom. The van der Waals surface area contributed by atoms with Crippen LogP contribution in [0.2, 0.25) is 0 Å². The van der Waals surface area contributed by atoms with E-state index in [9.17, 15) is 18.4 Å². The van der Waals surface area contributed by atoms with Gasteiger partial charge in [0.15, 0.2) is 11.6 Å². The molecule has 0 aliphatic carbocycles. The largest absolute Gasteiger partial charge is 0.347 e. The average Bonchev–Trinajstić information content (AvgIpc) is 2.49. The van der Waals surface area contributed by atoms with Gasteiger partial charge < -0.3 is 16.0 Å². The second-order valence-corrected chi connectivity index (χ2v) is 5.01. The fraction of sp³-hybridized carbons (Fsp3) is 0.429. The molecule has 1 aromatic carbocycles. The summed E-state index contributed by atoms with van der Waals surface area (Å²) in [7, 11) is 0. The fourth-order valence-corrected chi connectivity index (χ4v) is 2.18. The zero-order chi connectivity index (χ0) is 15.2. The number of halogens is 2. The number of nitrogens with one attached hydrogen (secondary N) is 3. The Kier molecular flexibility index (Phi) is 5.21. The first kappa shape index (κ1) is 15.4. The van der Waals surface area contributed by atoms with Crippen LogP contribution in [0.4, 0.5) is 14.5 Å². The summed E-state index contributed by atoms with van der Waals surface area (Å²) < 4.78 is 25.7. The van der Waals surface area contributed by atoms with Gasteiger partial charge in [0.25, 0.3) is 0 Å². The number of hydrogen-bond acceptors (Lipinski definition) is 3. The molecule has 2 rings (SSSR count). The summed E-state index contributed by atoms with van der Waals surface area (Å²) in [6.45, 7) is 2.20. The molecule has 0 saturated carbocycles. The monoisotopic (exact) mass is 297 g/mol. The molecule has 1 aliphatic heterocycles. The minimum Gasteiger partial charge on any atom is -0.347 e. The standard InChI is InChI=1S/C14H17F2N3O2/c15-11-4-3-10(6-12(11)16)19-14(21)13(20)18-8-9-2-1-5-17-7-9/h3-4,6,9,17H,1-2,5,7-8H2,(H,18,20)(H,19,21). The van der Waals surface area contributed by atoms with Gasteiger partial charge in [-0.3, -0.25) is 9.59 Å². The van der Waals surface area contributed by atoms with E-state index in [-0.39, 0.29) is 5.69 Å². The molecule has 1 aliphatic rings. The van der Waals surface area contributed by atoms with E-state index in [1.807, 2.05) is 0 Å². The maximum absolute atomic E-state index is 13.0. The number of anilines is 1. The van der Waals surface area contributed by atoms with Gasteiger partial charge >= 0.3 is 11.8 Å². The minimum atomic E-state index is -1.08. The van der Waals surface area contributed by atoms with Gasteiger partial charge in [-0.05, 0) is 44.0 Å². The molecule has 5 nitrogen and oxygen atoms in total. The number of piperidine rings is 1. The van der Waals surface area contributed by atoms with E-state index in [1.165, 1.54) is 6.07 Å². The molecule has 21 heavy (non-hydrogen) atoms. The Morgan fingerprint density at radius 1 is 1.24 bits per heavy atom. The molecule has 114 valence electrons. The quantitative estimate of drug-likeness (QED) is 0.730. The number of hydrogen-bond donors (Lipinski definition) is 3. The van der Waals surface area contributed by atoms with E-state index in [1.54, 1.807) is 0 Å². The van der Waals surface area contributed by atoms with Crippen LogP contribution in [0, 0.1) is 17.6 Å². The first-order chi connectivity index (χ1) is 10.1. The predicted octanol–water partition coefficient (Wildman–Crippen LogP) is 1.02. The van der Waals surface area contributed by atoms with Crippen LogP contribution in [0.25, 0.3) is 0 Å². The van der Waals surface area contributed by atoms with Crippen LogP contribution in [0.1, 0.15) is 12.8 Å². The predicted molar refractivity (Wildman–Crippen MR) is 73.6 cm³/mol. The number of rotatable bonds is 3. The van der Waals surface area contributed by atoms with Crippen LogP contribution in [0.3, 0.4) is 0 Å². The van der Waals surface area contributed by atoms with E-state index in [0.717, 1.165) is 38.1 Å². The van der Waals surface area contributed by atoms with E-state index in [4.69, 9.17) is 0 Å².